The van der Waals surface area contributed by atoms with E-state index in [1.807, 2.05) is 18.2 Å². The van der Waals surface area contributed by atoms with Gasteiger partial charge >= 0.3 is 0 Å². The van der Waals surface area contributed by atoms with Gasteiger partial charge in [-0.3, -0.25) is 0 Å². The van der Waals surface area contributed by atoms with Crippen molar-refractivity contribution in [3.05, 3.63) is 115 Å². The van der Waals surface area contributed by atoms with Gasteiger partial charge in [0.25, 0.3) is 0 Å². The Kier molecular flexibility index (Phi) is 6.28. The van der Waals surface area contributed by atoms with E-state index in [1.165, 1.54) is 11.1 Å². The minimum absolute atomic E-state index is 0.0338. The third-order valence-electron chi connectivity index (χ3n) is 4.34. The highest BCUT2D eigenvalue weighted by Crippen LogP contribution is 2.22. The molecule has 1 aliphatic carbocycles. The van der Waals surface area contributed by atoms with Gasteiger partial charge in [0, 0.05) is 17.8 Å². The molecule has 1 N–H and O–H groups in total. The summed E-state index contributed by atoms with van der Waals surface area (Å²) < 4.78 is 0. The topological polar surface area (TPSA) is 12.0 Å². The van der Waals surface area contributed by atoms with Crippen LogP contribution in [0.1, 0.15) is 6.42 Å². The Labute approximate surface area is 162 Å². The molecule has 0 heterocycles. The lowest BCUT2D eigenvalue weighted by Crippen LogP contribution is -2.01. The molecule has 0 bridgehead atoms. The van der Waals surface area contributed by atoms with E-state index in [9.17, 15) is 0 Å². The van der Waals surface area contributed by atoms with E-state index >= 15 is 0 Å². The number of allylic oxidation sites excluding steroid dienone is 7. The molecule has 0 aromatic heterocycles. The molecule has 0 spiro atoms. The first-order valence-corrected chi connectivity index (χ1v) is 9.04. The van der Waals surface area contributed by atoms with Crippen molar-refractivity contribution >= 4 is 5.69 Å². The molecular formula is C26H23N. The van der Waals surface area contributed by atoms with Crippen LogP contribution in [0, 0.1) is 17.8 Å². The van der Waals surface area contributed by atoms with Gasteiger partial charge in [0.05, 0.1) is 5.92 Å². The molecule has 3 rings (SSSR count). The molecule has 0 aliphatic heterocycles. The van der Waals surface area contributed by atoms with Gasteiger partial charge in [0.2, 0.25) is 0 Å². The van der Waals surface area contributed by atoms with E-state index in [4.69, 9.17) is 0 Å². The van der Waals surface area contributed by atoms with Gasteiger partial charge in [-0.1, -0.05) is 91.8 Å². The van der Waals surface area contributed by atoms with Gasteiger partial charge in [-0.25, -0.2) is 0 Å². The Hall–Kier alpha value is -3.50. The van der Waals surface area contributed by atoms with Crippen molar-refractivity contribution in [2.75, 3.05) is 5.32 Å². The van der Waals surface area contributed by atoms with Gasteiger partial charge in [-0.15, -0.1) is 0 Å². The van der Waals surface area contributed by atoms with Crippen LogP contribution in [-0.4, -0.2) is 0 Å². The predicted octanol–water partition coefficient (Wildman–Crippen LogP) is 6.53. The summed E-state index contributed by atoms with van der Waals surface area (Å²) in [5, 5.41) is 3.48. The van der Waals surface area contributed by atoms with Gasteiger partial charge in [-0.2, -0.15) is 0 Å². The van der Waals surface area contributed by atoms with Crippen LogP contribution < -0.4 is 5.32 Å². The SMILES string of the molecule is C=C/C=C(\C=C)C1C#CC/C=C(Nc2ccc(-c3ccccc3)cc2)\C=C/1. The van der Waals surface area contributed by atoms with E-state index in [2.05, 4.69) is 97.1 Å². The van der Waals surface area contributed by atoms with Gasteiger partial charge in [0.15, 0.2) is 0 Å². The normalized spacial score (nSPS) is 19.3. The Bertz CT molecular complexity index is 945. The van der Waals surface area contributed by atoms with Crippen LogP contribution in [0.2, 0.25) is 0 Å². The van der Waals surface area contributed by atoms with E-state index in [0.717, 1.165) is 17.0 Å². The smallest absolute Gasteiger partial charge is 0.0636 e. The molecule has 2 aromatic rings. The highest BCUT2D eigenvalue weighted by atomic mass is 14.9. The number of benzene rings is 2. The van der Waals surface area contributed by atoms with Crippen molar-refractivity contribution in [2.45, 2.75) is 6.42 Å². The molecule has 0 fully saturated rings. The minimum atomic E-state index is 0.0338. The molecule has 132 valence electrons. The third-order valence-corrected chi connectivity index (χ3v) is 4.34. The lowest BCUT2D eigenvalue weighted by atomic mass is 9.97. The average Bonchev–Trinajstić information content (AvgIpc) is 2.70. The molecule has 1 atom stereocenters. The second-order valence-electron chi connectivity index (χ2n) is 6.20. The Morgan fingerprint density at radius 2 is 1.74 bits per heavy atom. The van der Waals surface area contributed by atoms with Crippen LogP contribution in [0.25, 0.3) is 11.1 Å². The Balaban J connectivity index is 1.74. The molecule has 0 saturated carbocycles. The zero-order valence-corrected chi connectivity index (χ0v) is 15.4. The number of rotatable bonds is 6. The predicted molar refractivity (Wildman–Crippen MR) is 117 cm³/mol. The van der Waals surface area contributed by atoms with Crippen LogP contribution in [0.15, 0.2) is 115 Å². The summed E-state index contributed by atoms with van der Waals surface area (Å²) in [4.78, 5) is 0. The van der Waals surface area contributed by atoms with Gasteiger partial charge < -0.3 is 5.32 Å². The number of anilines is 1. The van der Waals surface area contributed by atoms with Crippen LogP contribution in [0.4, 0.5) is 5.69 Å². The quantitative estimate of drug-likeness (QED) is 0.462. The maximum absolute atomic E-state index is 3.88. The number of nitrogens with one attached hydrogen (secondary N) is 1. The lowest BCUT2D eigenvalue weighted by Gasteiger charge is -2.12. The molecule has 27 heavy (non-hydrogen) atoms. The fourth-order valence-corrected chi connectivity index (χ4v) is 2.91. The van der Waals surface area contributed by atoms with E-state index < -0.39 is 0 Å². The fourth-order valence-electron chi connectivity index (χ4n) is 2.91. The molecule has 1 aliphatic rings. The van der Waals surface area contributed by atoms with Crippen molar-refractivity contribution < 1.29 is 0 Å². The summed E-state index contributed by atoms with van der Waals surface area (Å²) in [6.07, 6.45) is 12.6. The molecule has 1 nitrogen and oxygen atoms in total. The van der Waals surface area contributed by atoms with Crippen molar-refractivity contribution in [2.24, 2.45) is 5.92 Å². The first-order chi connectivity index (χ1) is 13.3. The van der Waals surface area contributed by atoms with Crippen LogP contribution in [0.3, 0.4) is 0 Å². The Morgan fingerprint density at radius 1 is 1.00 bits per heavy atom. The maximum Gasteiger partial charge on any atom is 0.0636 e. The summed E-state index contributed by atoms with van der Waals surface area (Å²) in [6, 6.07) is 18.9. The van der Waals surface area contributed by atoms with Gasteiger partial charge in [-0.05, 0) is 41.0 Å². The zero-order valence-electron chi connectivity index (χ0n) is 15.4. The Morgan fingerprint density at radius 3 is 2.44 bits per heavy atom. The highest BCUT2D eigenvalue weighted by molar-refractivity contribution is 5.66. The van der Waals surface area contributed by atoms with Crippen LogP contribution >= 0.6 is 0 Å². The molecule has 0 radical (unpaired) electrons. The van der Waals surface area contributed by atoms with E-state index in [1.54, 1.807) is 6.08 Å². The second kappa shape index (κ2) is 9.27. The van der Waals surface area contributed by atoms with Gasteiger partial charge in [0.1, 0.15) is 0 Å². The first-order valence-electron chi connectivity index (χ1n) is 9.04. The molecule has 0 amide bonds. The minimum Gasteiger partial charge on any atom is -0.356 e. The average molecular weight is 349 g/mol. The summed E-state index contributed by atoms with van der Waals surface area (Å²) in [6.45, 7) is 7.65. The molecule has 2 aromatic carbocycles. The van der Waals surface area contributed by atoms with Crippen LogP contribution in [-0.2, 0) is 0 Å². The summed E-state index contributed by atoms with van der Waals surface area (Å²) in [7, 11) is 0. The van der Waals surface area contributed by atoms with Crippen molar-refractivity contribution in [3.63, 3.8) is 0 Å². The van der Waals surface area contributed by atoms with Crippen molar-refractivity contribution in [1.82, 2.24) is 0 Å². The zero-order chi connectivity index (χ0) is 18.9. The van der Waals surface area contributed by atoms with Crippen molar-refractivity contribution in [1.29, 1.82) is 0 Å². The summed E-state index contributed by atoms with van der Waals surface area (Å²) in [5.41, 5.74) is 5.59. The molecular weight excluding hydrogens is 326 g/mol. The largest absolute Gasteiger partial charge is 0.356 e. The van der Waals surface area contributed by atoms with E-state index in [-0.39, 0.29) is 5.92 Å². The second-order valence-corrected chi connectivity index (χ2v) is 6.20. The molecule has 0 saturated heterocycles. The monoisotopic (exact) mass is 349 g/mol. The van der Waals surface area contributed by atoms with E-state index in [0.29, 0.717) is 6.42 Å². The van der Waals surface area contributed by atoms with Crippen LogP contribution in [0.5, 0.6) is 0 Å². The standard InChI is InChI=1S/C26H23N/c1-3-10-21(4-2)23-13-8-9-14-25(18-15-23)27-26-19-16-24(17-20-26)22-11-6-5-7-12-22/h3-7,10-12,14-20,23,27H,1-2,9H2/b18-15-,21-10+,25-14+. The van der Waals surface area contributed by atoms with Crippen molar-refractivity contribution in [3.8, 4) is 23.0 Å². The molecule has 1 heteroatoms. The summed E-state index contributed by atoms with van der Waals surface area (Å²) in [5.74, 6) is 6.52. The molecule has 1 unspecified atom stereocenters. The maximum atomic E-state index is 3.88. The number of hydrogen-bond donors (Lipinski definition) is 1. The summed E-state index contributed by atoms with van der Waals surface area (Å²) >= 11 is 0. The number of hydrogen-bond acceptors (Lipinski definition) is 1. The third kappa shape index (κ3) is 5.00. The highest BCUT2D eigenvalue weighted by Gasteiger charge is 2.06. The first kappa shape index (κ1) is 18.3. The lowest BCUT2D eigenvalue weighted by molar-refractivity contribution is 1.04. The fraction of sp³-hybridized carbons (Fsp3) is 0.0769.